The minimum absolute atomic E-state index is 0.107. The summed E-state index contributed by atoms with van der Waals surface area (Å²) in [6.45, 7) is 3.40. The number of hydrogen-bond donors (Lipinski definition) is 1. The van der Waals surface area contributed by atoms with Gasteiger partial charge < -0.3 is 0 Å². The van der Waals surface area contributed by atoms with Crippen LogP contribution < -0.4 is 5.32 Å². The van der Waals surface area contributed by atoms with Gasteiger partial charge in [-0.3, -0.25) is 10.1 Å². The number of alkyl halides is 1. The minimum Gasteiger partial charge on any atom is -0.274 e. The second-order valence-corrected chi connectivity index (χ2v) is 3.26. The number of rotatable bonds is 2. The van der Waals surface area contributed by atoms with Gasteiger partial charge in [0.25, 0.3) is 5.91 Å². The number of halogens is 2. The zero-order valence-corrected chi connectivity index (χ0v) is 7.52. The highest BCUT2D eigenvalue weighted by Crippen LogP contribution is 2.31. The molecule has 0 aromatic carbocycles. The molecule has 1 aliphatic rings. The molecule has 1 fully saturated rings. The van der Waals surface area contributed by atoms with Crippen LogP contribution in [-0.4, -0.2) is 21.4 Å². The summed E-state index contributed by atoms with van der Waals surface area (Å²) < 4.78 is 0.637. The van der Waals surface area contributed by atoms with Crippen LogP contribution in [0.25, 0.3) is 0 Å². The highest BCUT2D eigenvalue weighted by atomic mass is 35.5. The molecule has 0 aliphatic carbocycles. The maximum absolute atomic E-state index is 11.1. The van der Waals surface area contributed by atoms with Crippen LogP contribution >= 0.6 is 23.4 Å². The van der Waals surface area contributed by atoms with Crippen LogP contribution in [0.3, 0.4) is 0 Å². The van der Waals surface area contributed by atoms with Crippen molar-refractivity contribution >= 4 is 35.3 Å². The van der Waals surface area contributed by atoms with E-state index in [1.54, 1.807) is 0 Å². The fraction of sp³-hybridized carbons (Fsp3) is 0.333. The fourth-order valence-electron chi connectivity index (χ4n) is 0.856. The van der Waals surface area contributed by atoms with Crippen LogP contribution in [-0.2, 0) is 4.79 Å². The largest absolute Gasteiger partial charge is 0.340 e. The summed E-state index contributed by atoms with van der Waals surface area (Å²) >= 11 is 11.2. The standard InChI is InChI=1S/C6H6Cl2N2O2/c1-2-3-6(7)4(11)9-5(12)10(6)8/h2H,1,3H2,(H,9,11,12). The van der Waals surface area contributed by atoms with Crippen LogP contribution in [0.4, 0.5) is 4.79 Å². The predicted molar refractivity (Wildman–Crippen MR) is 44.6 cm³/mol. The highest BCUT2D eigenvalue weighted by Gasteiger charge is 2.50. The molecule has 1 saturated heterocycles. The van der Waals surface area contributed by atoms with Gasteiger partial charge in [-0.15, -0.1) is 6.58 Å². The van der Waals surface area contributed by atoms with E-state index in [2.05, 4.69) is 6.58 Å². The number of carbonyl (C=O) groups excluding carboxylic acids is 2. The molecule has 6 heteroatoms. The summed E-state index contributed by atoms with van der Waals surface area (Å²) in [4.78, 5) is 20.4. The van der Waals surface area contributed by atoms with Gasteiger partial charge in [-0.25, -0.2) is 9.21 Å². The average Bonchev–Trinajstić information content (AvgIpc) is 2.17. The summed E-state index contributed by atoms with van der Waals surface area (Å²) in [5, 5.41) is 1.98. The Kier molecular flexibility index (Phi) is 2.30. The van der Waals surface area contributed by atoms with E-state index in [1.165, 1.54) is 6.08 Å². The van der Waals surface area contributed by atoms with Gasteiger partial charge in [0, 0.05) is 18.2 Å². The van der Waals surface area contributed by atoms with Crippen LogP contribution in [0.2, 0.25) is 0 Å². The Morgan fingerprint density at radius 3 is 2.58 bits per heavy atom. The third kappa shape index (κ3) is 1.17. The van der Waals surface area contributed by atoms with Crippen molar-refractivity contribution in [3.63, 3.8) is 0 Å². The SMILES string of the molecule is C=CCC1(Cl)C(=O)NC(=O)N1Cl. The van der Waals surface area contributed by atoms with E-state index in [-0.39, 0.29) is 6.42 Å². The van der Waals surface area contributed by atoms with Gasteiger partial charge in [-0.2, -0.15) is 0 Å². The van der Waals surface area contributed by atoms with Crippen LogP contribution in [0, 0.1) is 0 Å². The lowest BCUT2D eigenvalue weighted by Crippen LogP contribution is -2.38. The Morgan fingerprint density at radius 1 is 1.67 bits per heavy atom. The normalized spacial score (nSPS) is 29.0. The smallest absolute Gasteiger partial charge is 0.274 e. The third-order valence-electron chi connectivity index (χ3n) is 1.47. The Balaban J connectivity index is 2.94. The summed E-state index contributed by atoms with van der Waals surface area (Å²) in [6.07, 6.45) is 1.52. The molecule has 12 heavy (non-hydrogen) atoms. The van der Waals surface area contributed by atoms with Crippen molar-refractivity contribution in [2.24, 2.45) is 0 Å². The molecule has 1 rings (SSSR count). The maximum atomic E-state index is 11.1. The lowest BCUT2D eigenvalue weighted by atomic mass is 10.2. The van der Waals surface area contributed by atoms with Gasteiger partial charge in [0.15, 0.2) is 0 Å². The first-order chi connectivity index (χ1) is 5.52. The number of imide groups is 1. The number of nitrogens with one attached hydrogen (secondary N) is 1. The van der Waals surface area contributed by atoms with Crippen molar-refractivity contribution in [1.82, 2.24) is 9.74 Å². The highest BCUT2D eigenvalue weighted by molar-refractivity contribution is 6.44. The van der Waals surface area contributed by atoms with E-state index in [0.717, 1.165) is 0 Å². The second kappa shape index (κ2) is 2.95. The fourth-order valence-corrected chi connectivity index (χ4v) is 1.28. The minimum atomic E-state index is -1.51. The predicted octanol–water partition coefficient (Wildman–Crippen LogP) is 1.20. The molecular weight excluding hydrogens is 203 g/mol. The molecule has 1 N–H and O–H groups in total. The Labute approximate surface area is 79.2 Å². The summed E-state index contributed by atoms with van der Waals surface area (Å²) in [6, 6.07) is -0.710. The molecule has 4 nitrogen and oxygen atoms in total. The van der Waals surface area contributed by atoms with Crippen molar-refractivity contribution in [1.29, 1.82) is 0 Å². The second-order valence-electron chi connectivity index (χ2n) is 2.29. The van der Waals surface area contributed by atoms with Crippen molar-refractivity contribution in [2.75, 3.05) is 0 Å². The van der Waals surface area contributed by atoms with Gasteiger partial charge in [-0.1, -0.05) is 17.7 Å². The van der Waals surface area contributed by atoms with Crippen molar-refractivity contribution in [3.8, 4) is 0 Å². The first-order valence-corrected chi connectivity index (χ1v) is 3.85. The zero-order chi connectivity index (χ0) is 9.35. The van der Waals surface area contributed by atoms with E-state index < -0.39 is 16.9 Å². The Morgan fingerprint density at radius 2 is 2.25 bits per heavy atom. The van der Waals surface area contributed by atoms with Crippen LogP contribution in [0.15, 0.2) is 12.7 Å². The lowest BCUT2D eigenvalue weighted by molar-refractivity contribution is -0.122. The monoisotopic (exact) mass is 208 g/mol. The van der Waals surface area contributed by atoms with Crippen LogP contribution in [0.5, 0.6) is 0 Å². The van der Waals surface area contributed by atoms with Crippen molar-refractivity contribution in [3.05, 3.63) is 12.7 Å². The van der Waals surface area contributed by atoms with Gasteiger partial charge in [0.05, 0.1) is 0 Å². The quantitative estimate of drug-likeness (QED) is 0.244. The first-order valence-electron chi connectivity index (χ1n) is 3.13. The zero-order valence-electron chi connectivity index (χ0n) is 6.01. The van der Waals surface area contributed by atoms with E-state index in [9.17, 15) is 9.59 Å². The number of urea groups is 1. The molecule has 0 radical (unpaired) electrons. The number of amides is 3. The van der Waals surface area contributed by atoms with Gasteiger partial charge in [-0.05, 0) is 0 Å². The molecule has 3 amide bonds. The Hall–Kier alpha value is -0.740. The molecule has 0 aromatic heterocycles. The van der Waals surface area contributed by atoms with Gasteiger partial charge in [0.1, 0.15) is 0 Å². The molecule has 0 aromatic rings. The molecule has 0 spiro atoms. The molecule has 0 bridgehead atoms. The van der Waals surface area contributed by atoms with E-state index in [4.69, 9.17) is 23.4 Å². The number of hydrogen-bond acceptors (Lipinski definition) is 2. The van der Waals surface area contributed by atoms with Crippen LogP contribution in [0.1, 0.15) is 6.42 Å². The summed E-state index contributed by atoms with van der Waals surface area (Å²) in [5.74, 6) is -0.621. The maximum Gasteiger partial charge on any atom is 0.340 e. The topological polar surface area (TPSA) is 49.4 Å². The lowest BCUT2D eigenvalue weighted by Gasteiger charge is -2.20. The summed E-state index contributed by atoms with van der Waals surface area (Å²) in [5.41, 5.74) is 0. The van der Waals surface area contributed by atoms with Crippen molar-refractivity contribution < 1.29 is 9.59 Å². The van der Waals surface area contributed by atoms with E-state index >= 15 is 0 Å². The molecule has 1 heterocycles. The number of nitrogens with zero attached hydrogens (tertiary/aromatic N) is 1. The molecule has 0 saturated carbocycles. The summed E-state index contributed by atoms with van der Waals surface area (Å²) in [7, 11) is 0. The average molecular weight is 209 g/mol. The van der Waals surface area contributed by atoms with E-state index in [1.807, 2.05) is 5.32 Å². The molecule has 1 atom stereocenters. The van der Waals surface area contributed by atoms with Crippen molar-refractivity contribution in [2.45, 2.75) is 11.4 Å². The number of carbonyl (C=O) groups is 2. The van der Waals surface area contributed by atoms with Gasteiger partial charge >= 0.3 is 6.03 Å². The molecule has 66 valence electrons. The van der Waals surface area contributed by atoms with E-state index in [0.29, 0.717) is 4.42 Å². The van der Waals surface area contributed by atoms with Gasteiger partial charge in [0.2, 0.25) is 5.00 Å². The molecular formula is C6H6Cl2N2O2. The molecule has 1 unspecified atom stereocenters. The molecule has 1 aliphatic heterocycles. The Bertz CT molecular complexity index is 256. The first kappa shape index (κ1) is 9.35. The third-order valence-corrected chi connectivity index (χ3v) is 2.50.